The SMILES string of the molecule is CCOC(=O)C1=C(CN(C)CC(C)(C)NCC(O)COc2ccccc2OC)NC(C)=C(CC(=O)O)C1c1cccc([N+](=O)[O-])c1. The summed E-state index contributed by atoms with van der Waals surface area (Å²) in [6.07, 6.45) is -1.18. The fourth-order valence-electron chi connectivity index (χ4n) is 5.53. The van der Waals surface area contributed by atoms with Crippen LogP contribution in [0.4, 0.5) is 5.69 Å². The highest BCUT2D eigenvalue weighted by atomic mass is 16.6. The molecule has 0 saturated carbocycles. The smallest absolute Gasteiger partial charge is 0.336 e. The lowest BCUT2D eigenvalue weighted by Crippen LogP contribution is -2.51. The van der Waals surface area contributed by atoms with Gasteiger partial charge in [-0.1, -0.05) is 24.3 Å². The fourth-order valence-corrected chi connectivity index (χ4v) is 5.53. The Bertz CT molecular complexity index is 1470. The number of likely N-dealkylation sites (N-methyl/N-ethyl adjacent to an activating group) is 1. The Hall–Kier alpha value is -4.46. The van der Waals surface area contributed by atoms with E-state index in [0.29, 0.717) is 40.6 Å². The summed E-state index contributed by atoms with van der Waals surface area (Å²) in [5, 5.41) is 38.5. The van der Waals surface area contributed by atoms with Crippen molar-refractivity contribution in [3.63, 3.8) is 0 Å². The summed E-state index contributed by atoms with van der Waals surface area (Å²) in [7, 11) is 3.42. The normalized spacial score (nSPS) is 15.8. The molecule has 0 radical (unpaired) electrons. The van der Waals surface area contributed by atoms with Gasteiger partial charge in [0, 0.05) is 54.6 Å². The van der Waals surface area contributed by atoms with E-state index in [1.807, 2.05) is 37.9 Å². The Balaban J connectivity index is 1.82. The average Bonchev–Trinajstić information content (AvgIpc) is 2.99. The monoisotopic (exact) mass is 640 g/mol. The van der Waals surface area contributed by atoms with E-state index in [1.165, 1.54) is 18.2 Å². The summed E-state index contributed by atoms with van der Waals surface area (Å²) < 4.78 is 16.5. The minimum absolute atomic E-state index is 0.0579. The summed E-state index contributed by atoms with van der Waals surface area (Å²) in [6.45, 7) is 8.49. The Kier molecular flexibility index (Phi) is 12.7. The summed E-state index contributed by atoms with van der Waals surface area (Å²) in [5.74, 6) is -1.50. The van der Waals surface area contributed by atoms with Gasteiger partial charge in [0.2, 0.25) is 0 Å². The molecule has 0 saturated heterocycles. The van der Waals surface area contributed by atoms with Crippen molar-refractivity contribution in [2.24, 2.45) is 0 Å². The van der Waals surface area contributed by atoms with Crippen LogP contribution in [0.3, 0.4) is 0 Å². The van der Waals surface area contributed by atoms with Gasteiger partial charge >= 0.3 is 11.9 Å². The number of carboxylic acid groups (broad SMARTS) is 1. The number of allylic oxidation sites excluding steroid dienone is 1. The van der Waals surface area contributed by atoms with Crippen LogP contribution in [0.25, 0.3) is 0 Å². The summed E-state index contributed by atoms with van der Waals surface area (Å²) in [4.78, 5) is 38.4. The van der Waals surface area contributed by atoms with Gasteiger partial charge in [-0.05, 0) is 58.0 Å². The van der Waals surface area contributed by atoms with Gasteiger partial charge in [-0.3, -0.25) is 19.8 Å². The molecule has 1 heterocycles. The second kappa shape index (κ2) is 16.2. The molecule has 0 fully saturated rings. The lowest BCUT2D eigenvalue weighted by atomic mass is 9.78. The Labute approximate surface area is 269 Å². The molecule has 13 heteroatoms. The summed E-state index contributed by atoms with van der Waals surface area (Å²) >= 11 is 0. The minimum Gasteiger partial charge on any atom is -0.493 e. The number of aliphatic hydroxyl groups excluding tert-OH is 1. The van der Waals surface area contributed by atoms with Crippen LogP contribution in [0.1, 0.15) is 45.6 Å². The van der Waals surface area contributed by atoms with Crippen molar-refractivity contribution in [2.75, 3.05) is 47.0 Å². The third-order valence-corrected chi connectivity index (χ3v) is 7.44. The number of hydrogen-bond acceptors (Lipinski definition) is 11. The van der Waals surface area contributed by atoms with Gasteiger partial charge in [0.1, 0.15) is 12.7 Å². The third kappa shape index (κ3) is 9.77. The van der Waals surface area contributed by atoms with Crippen LogP contribution >= 0.6 is 0 Å². The predicted molar refractivity (Wildman–Crippen MR) is 172 cm³/mol. The van der Waals surface area contributed by atoms with Crippen molar-refractivity contribution in [3.05, 3.63) is 86.7 Å². The zero-order chi connectivity index (χ0) is 34.0. The molecule has 2 aromatic rings. The van der Waals surface area contributed by atoms with E-state index in [0.717, 1.165) is 0 Å². The number of β-amino-alcohol motifs (C(OH)–C–C–N with tert-alkyl or cyclic N) is 1. The number of nitro benzene ring substituents is 1. The number of carbonyl (C=O) groups is 2. The molecule has 2 atom stereocenters. The molecular formula is C33H44N4O9. The second-order valence-corrected chi connectivity index (χ2v) is 11.8. The van der Waals surface area contributed by atoms with Crippen molar-refractivity contribution in [3.8, 4) is 11.5 Å². The number of nitrogens with zero attached hydrogens (tertiary/aromatic N) is 2. The predicted octanol–water partition coefficient (Wildman–Crippen LogP) is 3.60. The van der Waals surface area contributed by atoms with Crippen molar-refractivity contribution >= 4 is 17.6 Å². The molecule has 2 aromatic carbocycles. The molecule has 0 bridgehead atoms. The van der Waals surface area contributed by atoms with Crippen LogP contribution in [-0.4, -0.2) is 90.6 Å². The van der Waals surface area contributed by atoms with Crippen LogP contribution in [0.5, 0.6) is 11.5 Å². The number of para-hydroxylation sites is 2. The van der Waals surface area contributed by atoms with Gasteiger partial charge in [-0.2, -0.15) is 0 Å². The van der Waals surface area contributed by atoms with Gasteiger partial charge in [0.25, 0.3) is 5.69 Å². The zero-order valence-corrected chi connectivity index (χ0v) is 27.2. The maximum atomic E-state index is 13.5. The summed E-state index contributed by atoms with van der Waals surface area (Å²) in [5.41, 5.74) is 1.42. The first-order valence-corrected chi connectivity index (χ1v) is 15.0. The number of esters is 1. The molecule has 2 unspecified atom stereocenters. The number of dihydropyridines is 1. The van der Waals surface area contributed by atoms with Gasteiger partial charge in [-0.15, -0.1) is 0 Å². The van der Waals surface area contributed by atoms with Gasteiger partial charge in [-0.25, -0.2) is 4.79 Å². The molecule has 46 heavy (non-hydrogen) atoms. The number of hydrogen-bond donors (Lipinski definition) is 4. The number of nitrogens with one attached hydrogen (secondary N) is 2. The van der Waals surface area contributed by atoms with Crippen molar-refractivity contribution < 1.29 is 38.9 Å². The molecule has 250 valence electrons. The Morgan fingerprint density at radius 3 is 2.50 bits per heavy atom. The van der Waals surface area contributed by atoms with Crippen LogP contribution in [0.15, 0.2) is 71.1 Å². The molecule has 1 aliphatic heterocycles. The van der Waals surface area contributed by atoms with Crippen molar-refractivity contribution in [1.29, 1.82) is 0 Å². The van der Waals surface area contributed by atoms with Crippen LogP contribution in [0.2, 0.25) is 0 Å². The standard InChI is InChI=1S/C33H44N4O9/c1-7-45-32(41)31-26(35-21(2)25(16-29(39)40)30(31)22-11-10-12-23(15-22)37(42)43)18-36(5)20-33(3,4)34-17-24(38)19-46-28-14-9-8-13-27(28)44-6/h8-15,24,30,34-35,38H,7,16-20H2,1-6H3,(H,39,40). The number of non-ortho nitro benzene ring substituents is 1. The second-order valence-electron chi connectivity index (χ2n) is 11.8. The molecule has 1 aliphatic rings. The molecule has 0 aliphatic carbocycles. The summed E-state index contributed by atoms with van der Waals surface area (Å²) in [6, 6.07) is 13.1. The van der Waals surface area contributed by atoms with E-state index < -0.39 is 34.4 Å². The van der Waals surface area contributed by atoms with Gasteiger partial charge in [0.05, 0.1) is 30.6 Å². The fraction of sp³-hybridized carbons (Fsp3) is 0.455. The van der Waals surface area contributed by atoms with Crippen molar-refractivity contribution in [1.82, 2.24) is 15.5 Å². The number of aliphatic hydroxyl groups is 1. The minimum atomic E-state index is -1.10. The molecule has 0 spiro atoms. The lowest BCUT2D eigenvalue weighted by Gasteiger charge is -2.36. The van der Waals surface area contributed by atoms with E-state index in [1.54, 1.807) is 39.2 Å². The number of aliphatic carboxylic acids is 1. The zero-order valence-electron chi connectivity index (χ0n) is 27.2. The first kappa shape index (κ1) is 36.0. The number of benzene rings is 2. The largest absolute Gasteiger partial charge is 0.493 e. The topological polar surface area (TPSA) is 173 Å². The molecule has 4 N–H and O–H groups in total. The van der Waals surface area contributed by atoms with E-state index in [2.05, 4.69) is 10.6 Å². The lowest BCUT2D eigenvalue weighted by molar-refractivity contribution is -0.384. The molecule has 13 nitrogen and oxygen atoms in total. The maximum Gasteiger partial charge on any atom is 0.336 e. The quantitative estimate of drug-likeness (QED) is 0.113. The van der Waals surface area contributed by atoms with Crippen LogP contribution < -0.4 is 20.1 Å². The maximum absolute atomic E-state index is 13.5. The highest BCUT2D eigenvalue weighted by molar-refractivity contribution is 5.93. The Morgan fingerprint density at radius 1 is 1.17 bits per heavy atom. The molecular weight excluding hydrogens is 596 g/mol. The number of ether oxygens (including phenoxy) is 3. The van der Waals surface area contributed by atoms with E-state index in [9.17, 15) is 29.9 Å². The third-order valence-electron chi connectivity index (χ3n) is 7.44. The number of rotatable bonds is 17. The molecule has 0 aromatic heterocycles. The first-order valence-electron chi connectivity index (χ1n) is 15.0. The molecule has 3 rings (SSSR count). The van der Waals surface area contributed by atoms with E-state index in [-0.39, 0.29) is 44.0 Å². The number of nitro groups is 1. The van der Waals surface area contributed by atoms with Gasteiger partial charge < -0.3 is 35.1 Å². The van der Waals surface area contributed by atoms with Crippen molar-refractivity contribution in [2.45, 2.75) is 51.7 Å². The number of carboxylic acids is 1. The number of carbonyl (C=O) groups excluding carboxylic acids is 1. The highest BCUT2D eigenvalue weighted by Gasteiger charge is 2.37. The van der Waals surface area contributed by atoms with Crippen LogP contribution in [-0.2, 0) is 14.3 Å². The Morgan fingerprint density at radius 2 is 1.87 bits per heavy atom. The van der Waals surface area contributed by atoms with E-state index >= 15 is 0 Å². The first-order chi connectivity index (χ1) is 21.8. The van der Waals surface area contributed by atoms with E-state index in [4.69, 9.17) is 14.2 Å². The van der Waals surface area contributed by atoms with Crippen LogP contribution in [0, 0.1) is 10.1 Å². The average molecular weight is 641 g/mol. The highest BCUT2D eigenvalue weighted by Crippen LogP contribution is 2.41. The number of methoxy groups -OCH3 is 1. The molecule has 0 amide bonds. The van der Waals surface area contributed by atoms with Gasteiger partial charge in [0.15, 0.2) is 11.5 Å².